The van der Waals surface area contributed by atoms with Crippen LogP contribution in [0.3, 0.4) is 0 Å². The van der Waals surface area contributed by atoms with Crippen LogP contribution in [0.5, 0.6) is 0 Å². The van der Waals surface area contributed by atoms with Crippen LogP contribution in [0.15, 0.2) is 42.5 Å². The van der Waals surface area contributed by atoms with E-state index in [1.165, 1.54) is 5.56 Å². The first-order valence-electron chi connectivity index (χ1n) is 7.30. The van der Waals surface area contributed by atoms with E-state index >= 15 is 0 Å². The molecule has 0 aromatic heterocycles. The van der Waals surface area contributed by atoms with Gasteiger partial charge in [0.05, 0.1) is 5.56 Å². The van der Waals surface area contributed by atoms with Crippen LogP contribution in [0.4, 0.5) is 0 Å². The van der Waals surface area contributed by atoms with E-state index in [1.54, 1.807) is 6.07 Å². The third kappa shape index (κ3) is 3.15. The van der Waals surface area contributed by atoms with E-state index in [4.69, 9.17) is 0 Å². The highest BCUT2D eigenvalue weighted by atomic mass is 16.4. The Bertz CT molecular complexity index is 652. The van der Waals surface area contributed by atoms with Gasteiger partial charge >= 0.3 is 5.97 Å². The molecule has 2 aromatic carbocycles. The lowest BCUT2D eigenvalue weighted by Crippen LogP contribution is -2.15. The summed E-state index contributed by atoms with van der Waals surface area (Å²) < 4.78 is 0. The van der Waals surface area contributed by atoms with E-state index in [0.29, 0.717) is 5.56 Å². The summed E-state index contributed by atoms with van der Waals surface area (Å²) in [7, 11) is 0. The minimum absolute atomic E-state index is 0.140. The number of rotatable bonds is 4. The van der Waals surface area contributed by atoms with Gasteiger partial charge in [-0.15, -0.1) is 0 Å². The molecule has 2 nitrogen and oxygen atoms in total. The van der Waals surface area contributed by atoms with Gasteiger partial charge in [-0.25, -0.2) is 4.79 Å². The van der Waals surface area contributed by atoms with E-state index in [1.807, 2.05) is 31.2 Å². The first-order chi connectivity index (χ1) is 9.85. The van der Waals surface area contributed by atoms with Gasteiger partial charge in [0.2, 0.25) is 0 Å². The van der Waals surface area contributed by atoms with Gasteiger partial charge in [-0.1, -0.05) is 62.7 Å². The second-order valence-electron chi connectivity index (χ2n) is 6.17. The van der Waals surface area contributed by atoms with Crippen molar-refractivity contribution in [3.05, 3.63) is 59.2 Å². The molecule has 0 spiro atoms. The number of carbonyl (C=O) groups is 1. The molecule has 0 amide bonds. The fraction of sp³-hybridized carbons (Fsp3) is 0.316. The number of aromatic carboxylic acids is 1. The van der Waals surface area contributed by atoms with E-state index in [-0.39, 0.29) is 5.41 Å². The molecule has 0 fully saturated rings. The average Bonchev–Trinajstić information content (AvgIpc) is 2.47. The summed E-state index contributed by atoms with van der Waals surface area (Å²) in [4.78, 5) is 11.4. The zero-order chi connectivity index (χ0) is 15.6. The van der Waals surface area contributed by atoms with Gasteiger partial charge in [-0.2, -0.15) is 0 Å². The molecule has 0 saturated heterocycles. The molecule has 110 valence electrons. The molecule has 2 heteroatoms. The molecule has 0 aliphatic carbocycles. The summed E-state index contributed by atoms with van der Waals surface area (Å²) in [6, 6.07) is 13.7. The van der Waals surface area contributed by atoms with Gasteiger partial charge in [0.1, 0.15) is 0 Å². The summed E-state index contributed by atoms with van der Waals surface area (Å²) in [5.74, 6) is -0.886. The first-order valence-corrected chi connectivity index (χ1v) is 7.30. The molecule has 1 N–H and O–H groups in total. The number of benzene rings is 2. The lowest BCUT2D eigenvalue weighted by Gasteiger charge is -2.23. The Morgan fingerprint density at radius 1 is 1.10 bits per heavy atom. The highest BCUT2D eigenvalue weighted by molar-refractivity contribution is 5.96. The third-order valence-corrected chi connectivity index (χ3v) is 4.27. The highest BCUT2D eigenvalue weighted by Crippen LogP contribution is 2.30. The molecule has 0 heterocycles. The van der Waals surface area contributed by atoms with Crippen molar-refractivity contribution in [2.45, 2.75) is 39.5 Å². The number of carboxylic acids is 1. The minimum atomic E-state index is -0.886. The van der Waals surface area contributed by atoms with Crippen LogP contribution in [0.2, 0.25) is 0 Å². The molecular formula is C19H22O2. The van der Waals surface area contributed by atoms with Crippen LogP contribution in [0, 0.1) is 6.92 Å². The lowest BCUT2D eigenvalue weighted by molar-refractivity contribution is 0.0697. The summed E-state index contributed by atoms with van der Waals surface area (Å²) in [5, 5.41) is 9.34. The summed E-state index contributed by atoms with van der Waals surface area (Å²) in [6.45, 7) is 8.59. The fourth-order valence-electron chi connectivity index (χ4n) is 2.39. The summed E-state index contributed by atoms with van der Waals surface area (Å²) >= 11 is 0. The smallest absolute Gasteiger partial charge is 0.336 e. The van der Waals surface area contributed by atoms with E-state index < -0.39 is 5.97 Å². The fourth-order valence-corrected chi connectivity index (χ4v) is 2.39. The Kier molecular flexibility index (Phi) is 4.17. The van der Waals surface area contributed by atoms with Crippen molar-refractivity contribution >= 4 is 5.97 Å². The zero-order valence-corrected chi connectivity index (χ0v) is 13.1. The molecule has 0 aliphatic heterocycles. The van der Waals surface area contributed by atoms with Crippen molar-refractivity contribution in [2.24, 2.45) is 0 Å². The molecule has 2 aromatic rings. The predicted molar refractivity (Wildman–Crippen MR) is 86.9 cm³/mol. The molecule has 0 bridgehead atoms. The molecule has 0 radical (unpaired) electrons. The summed E-state index contributed by atoms with van der Waals surface area (Å²) in [5.41, 5.74) is 4.56. The topological polar surface area (TPSA) is 37.3 Å². The molecule has 0 unspecified atom stereocenters. The zero-order valence-electron chi connectivity index (χ0n) is 13.1. The van der Waals surface area contributed by atoms with Crippen LogP contribution >= 0.6 is 0 Å². The van der Waals surface area contributed by atoms with Gasteiger partial charge in [-0.05, 0) is 41.5 Å². The molecular weight excluding hydrogens is 260 g/mol. The highest BCUT2D eigenvalue weighted by Gasteiger charge is 2.18. The maximum absolute atomic E-state index is 11.4. The standard InChI is InChI=1S/C19H22O2/c1-5-19(3,4)15-9-7-14(8-10-15)17-12-13(2)6-11-16(17)18(20)21/h6-12H,5H2,1-4H3,(H,20,21). The van der Waals surface area contributed by atoms with Gasteiger partial charge in [0.15, 0.2) is 0 Å². The maximum atomic E-state index is 11.4. The molecule has 0 saturated carbocycles. The van der Waals surface area contributed by atoms with Crippen molar-refractivity contribution in [2.75, 3.05) is 0 Å². The number of aryl methyl sites for hydroxylation is 1. The Balaban J connectivity index is 2.49. The first kappa shape index (κ1) is 15.3. The van der Waals surface area contributed by atoms with Crippen molar-refractivity contribution in [3.63, 3.8) is 0 Å². The third-order valence-electron chi connectivity index (χ3n) is 4.27. The van der Waals surface area contributed by atoms with Gasteiger partial charge in [0.25, 0.3) is 0 Å². The van der Waals surface area contributed by atoms with Crippen LogP contribution < -0.4 is 0 Å². The van der Waals surface area contributed by atoms with Crippen LogP contribution in [0.1, 0.15) is 48.7 Å². The average molecular weight is 282 g/mol. The monoisotopic (exact) mass is 282 g/mol. The van der Waals surface area contributed by atoms with Gasteiger partial charge < -0.3 is 5.11 Å². The second-order valence-corrected chi connectivity index (χ2v) is 6.17. The van der Waals surface area contributed by atoms with Gasteiger partial charge in [0, 0.05) is 0 Å². The molecule has 0 aliphatic rings. The second kappa shape index (κ2) is 5.72. The van der Waals surface area contributed by atoms with E-state index in [0.717, 1.165) is 23.1 Å². The molecule has 21 heavy (non-hydrogen) atoms. The largest absolute Gasteiger partial charge is 0.478 e. The Morgan fingerprint density at radius 2 is 1.71 bits per heavy atom. The van der Waals surface area contributed by atoms with Crippen molar-refractivity contribution in [3.8, 4) is 11.1 Å². The minimum Gasteiger partial charge on any atom is -0.478 e. The lowest BCUT2D eigenvalue weighted by atomic mass is 9.81. The van der Waals surface area contributed by atoms with Crippen molar-refractivity contribution in [1.29, 1.82) is 0 Å². The maximum Gasteiger partial charge on any atom is 0.336 e. The SMILES string of the molecule is CCC(C)(C)c1ccc(-c2cc(C)ccc2C(=O)O)cc1. The quantitative estimate of drug-likeness (QED) is 0.852. The molecule has 2 rings (SSSR count). The van der Waals surface area contributed by atoms with Crippen molar-refractivity contribution in [1.82, 2.24) is 0 Å². The van der Waals surface area contributed by atoms with Crippen LogP contribution in [-0.2, 0) is 5.41 Å². The number of hydrogen-bond donors (Lipinski definition) is 1. The van der Waals surface area contributed by atoms with Crippen LogP contribution in [0.25, 0.3) is 11.1 Å². The normalized spacial score (nSPS) is 11.4. The predicted octanol–water partition coefficient (Wildman–Crippen LogP) is 5.05. The molecule has 0 atom stereocenters. The number of hydrogen-bond acceptors (Lipinski definition) is 1. The Labute approximate surface area is 126 Å². The van der Waals surface area contributed by atoms with E-state index in [2.05, 4.69) is 32.9 Å². The Hall–Kier alpha value is -2.09. The van der Waals surface area contributed by atoms with Crippen LogP contribution in [-0.4, -0.2) is 11.1 Å². The van der Waals surface area contributed by atoms with E-state index in [9.17, 15) is 9.90 Å². The Morgan fingerprint density at radius 3 is 2.24 bits per heavy atom. The van der Waals surface area contributed by atoms with Gasteiger partial charge in [-0.3, -0.25) is 0 Å². The van der Waals surface area contributed by atoms with Crippen molar-refractivity contribution < 1.29 is 9.90 Å². The number of carboxylic acid groups (broad SMARTS) is 1. The summed E-state index contributed by atoms with van der Waals surface area (Å²) in [6.07, 6.45) is 1.07.